The summed E-state index contributed by atoms with van der Waals surface area (Å²) in [6.07, 6.45) is 4.74. The van der Waals surface area contributed by atoms with Gasteiger partial charge in [-0.25, -0.2) is 4.79 Å². The molecule has 0 bridgehead atoms. The fourth-order valence-electron chi connectivity index (χ4n) is 0.960. The largest absolute Gasteiger partial charge is 0.444 e. The molecule has 0 aliphatic rings. The lowest BCUT2D eigenvalue weighted by Gasteiger charge is -2.27. The Labute approximate surface area is 98.1 Å². The molecule has 0 fully saturated rings. The van der Waals surface area contributed by atoms with Gasteiger partial charge in [0.15, 0.2) is 0 Å². The van der Waals surface area contributed by atoms with Crippen molar-refractivity contribution in [1.82, 2.24) is 10.6 Å². The van der Waals surface area contributed by atoms with Crippen molar-refractivity contribution in [3.63, 3.8) is 0 Å². The van der Waals surface area contributed by atoms with Gasteiger partial charge in [-0.2, -0.15) is 0 Å². The zero-order chi connectivity index (χ0) is 12.8. The molecule has 2 N–H and O–H groups in total. The van der Waals surface area contributed by atoms with Crippen molar-refractivity contribution in [2.45, 2.75) is 45.8 Å². The molecule has 0 rings (SSSR count). The molecule has 16 heavy (non-hydrogen) atoms. The third kappa shape index (κ3) is 8.13. The summed E-state index contributed by atoms with van der Waals surface area (Å²) in [6, 6.07) is 0. The number of amides is 1. The second-order valence-corrected chi connectivity index (χ2v) is 5.30. The van der Waals surface area contributed by atoms with E-state index in [-0.39, 0.29) is 5.54 Å². The van der Waals surface area contributed by atoms with E-state index in [2.05, 4.69) is 16.6 Å². The maximum absolute atomic E-state index is 11.4. The van der Waals surface area contributed by atoms with Crippen LogP contribution in [0, 0.1) is 12.3 Å². The quantitative estimate of drug-likeness (QED) is 0.714. The first kappa shape index (κ1) is 14.8. The van der Waals surface area contributed by atoms with Crippen LogP contribution in [0.25, 0.3) is 0 Å². The van der Waals surface area contributed by atoms with Crippen LogP contribution in [0.15, 0.2) is 0 Å². The van der Waals surface area contributed by atoms with E-state index >= 15 is 0 Å². The molecular weight excluding hydrogens is 204 g/mol. The van der Waals surface area contributed by atoms with Gasteiger partial charge in [0.05, 0.1) is 6.54 Å². The van der Waals surface area contributed by atoms with Crippen LogP contribution in [0.1, 0.15) is 34.6 Å². The number of nitrogens with one attached hydrogen (secondary N) is 2. The highest BCUT2D eigenvalue weighted by molar-refractivity contribution is 5.67. The number of carbonyl (C=O) groups excluding carboxylic acids is 1. The predicted molar refractivity (Wildman–Crippen MR) is 65.2 cm³/mol. The average Bonchev–Trinajstić information content (AvgIpc) is 2.09. The highest BCUT2D eigenvalue weighted by Crippen LogP contribution is 2.07. The first-order chi connectivity index (χ1) is 7.16. The predicted octanol–water partition coefficient (Wildman–Crippen LogP) is 1.51. The van der Waals surface area contributed by atoms with Gasteiger partial charge in [0, 0.05) is 12.1 Å². The summed E-state index contributed by atoms with van der Waals surface area (Å²) in [5.41, 5.74) is -0.719. The summed E-state index contributed by atoms with van der Waals surface area (Å²) in [5, 5.41) is 5.82. The van der Waals surface area contributed by atoms with Gasteiger partial charge >= 0.3 is 6.09 Å². The first-order valence-electron chi connectivity index (χ1n) is 5.32. The van der Waals surface area contributed by atoms with Crippen molar-refractivity contribution in [1.29, 1.82) is 0 Å². The number of hydrogen-bond acceptors (Lipinski definition) is 3. The lowest BCUT2D eigenvalue weighted by atomic mass is 10.1. The second kappa shape index (κ2) is 5.76. The third-order valence-corrected chi connectivity index (χ3v) is 1.74. The highest BCUT2D eigenvalue weighted by atomic mass is 16.6. The Bertz CT molecular complexity index is 272. The molecule has 4 heteroatoms. The molecule has 0 radical (unpaired) electrons. The summed E-state index contributed by atoms with van der Waals surface area (Å²) in [6.45, 7) is 10.3. The highest BCUT2D eigenvalue weighted by Gasteiger charge is 2.20. The molecular formula is C12H22N2O2. The van der Waals surface area contributed by atoms with Crippen LogP contribution in [-0.2, 0) is 4.74 Å². The van der Waals surface area contributed by atoms with Gasteiger partial charge in [-0.1, -0.05) is 5.92 Å². The molecule has 0 aromatic carbocycles. The standard InChI is InChI=1S/C12H22N2O2/c1-7-8-14-12(5,6)9-13-10(15)16-11(2,3)4/h1,14H,8-9H2,2-6H3,(H,13,15). The van der Waals surface area contributed by atoms with Gasteiger partial charge in [0.1, 0.15) is 5.60 Å². The summed E-state index contributed by atoms with van der Waals surface area (Å²) in [4.78, 5) is 11.4. The molecule has 4 nitrogen and oxygen atoms in total. The Balaban J connectivity index is 3.96. The molecule has 0 unspecified atom stereocenters. The minimum absolute atomic E-state index is 0.247. The van der Waals surface area contributed by atoms with Gasteiger partial charge in [0.2, 0.25) is 0 Å². The molecule has 0 saturated heterocycles. The molecule has 1 amide bonds. The number of ether oxygens (including phenoxy) is 1. The van der Waals surface area contributed by atoms with E-state index < -0.39 is 11.7 Å². The summed E-state index contributed by atoms with van der Waals surface area (Å²) in [7, 11) is 0. The number of carbonyl (C=O) groups is 1. The van der Waals surface area contributed by atoms with Crippen LogP contribution < -0.4 is 10.6 Å². The van der Waals surface area contributed by atoms with Crippen molar-refractivity contribution in [2.24, 2.45) is 0 Å². The van der Waals surface area contributed by atoms with Gasteiger partial charge in [-0.3, -0.25) is 5.32 Å². The van der Waals surface area contributed by atoms with Crippen molar-refractivity contribution in [3.05, 3.63) is 0 Å². The fraction of sp³-hybridized carbons (Fsp3) is 0.750. The molecule has 0 aliphatic heterocycles. The lowest BCUT2D eigenvalue weighted by molar-refractivity contribution is 0.0514. The van der Waals surface area contributed by atoms with E-state index in [4.69, 9.17) is 11.2 Å². The minimum atomic E-state index is -0.472. The lowest BCUT2D eigenvalue weighted by Crippen LogP contribution is -2.49. The van der Waals surface area contributed by atoms with Crippen LogP contribution in [0.5, 0.6) is 0 Å². The molecule has 0 aromatic heterocycles. The van der Waals surface area contributed by atoms with E-state index in [1.807, 2.05) is 34.6 Å². The fourth-order valence-corrected chi connectivity index (χ4v) is 0.960. The van der Waals surface area contributed by atoms with Gasteiger partial charge in [0.25, 0.3) is 0 Å². The number of alkyl carbamates (subject to hydrolysis) is 1. The zero-order valence-electron chi connectivity index (χ0n) is 10.8. The third-order valence-electron chi connectivity index (χ3n) is 1.74. The van der Waals surface area contributed by atoms with Crippen LogP contribution in [0.3, 0.4) is 0 Å². The van der Waals surface area contributed by atoms with E-state index in [9.17, 15) is 4.79 Å². The summed E-state index contributed by atoms with van der Waals surface area (Å²) in [5.74, 6) is 2.49. The molecule has 0 aliphatic carbocycles. The van der Waals surface area contributed by atoms with E-state index in [0.29, 0.717) is 13.1 Å². The van der Waals surface area contributed by atoms with Crippen molar-refractivity contribution in [2.75, 3.05) is 13.1 Å². The second-order valence-electron chi connectivity index (χ2n) is 5.30. The molecule has 92 valence electrons. The topological polar surface area (TPSA) is 50.4 Å². The Morgan fingerprint density at radius 2 is 1.88 bits per heavy atom. The maximum Gasteiger partial charge on any atom is 0.407 e. The average molecular weight is 226 g/mol. The molecule has 0 aromatic rings. The Morgan fingerprint density at radius 1 is 1.31 bits per heavy atom. The van der Waals surface area contributed by atoms with Crippen molar-refractivity contribution in [3.8, 4) is 12.3 Å². The van der Waals surface area contributed by atoms with Crippen LogP contribution in [0.4, 0.5) is 4.79 Å². The number of terminal acetylenes is 1. The van der Waals surface area contributed by atoms with Gasteiger partial charge in [-0.15, -0.1) is 6.42 Å². The molecule has 0 spiro atoms. The van der Waals surface area contributed by atoms with Crippen LogP contribution in [0.2, 0.25) is 0 Å². The van der Waals surface area contributed by atoms with Crippen LogP contribution in [-0.4, -0.2) is 30.3 Å². The summed E-state index contributed by atoms with van der Waals surface area (Å²) < 4.78 is 5.12. The SMILES string of the molecule is C#CCNC(C)(C)CNC(=O)OC(C)(C)C. The normalized spacial score (nSPS) is 11.8. The van der Waals surface area contributed by atoms with E-state index in [1.54, 1.807) is 0 Å². The molecule has 0 saturated carbocycles. The van der Waals surface area contributed by atoms with E-state index in [1.165, 1.54) is 0 Å². The number of hydrogen-bond donors (Lipinski definition) is 2. The first-order valence-corrected chi connectivity index (χ1v) is 5.32. The Kier molecular flexibility index (Phi) is 5.32. The van der Waals surface area contributed by atoms with Gasteiger partial charge < -0.3 is 10.1 Å². The summed E-state index contributed by atoms with van der Waals surface area (Å²) >= 11 is 0. The molecule has 0 heterocycles. The Morgan fingerprint density at radius 3 is 2.31 bits per heavy atom. The smallest absolute Gasteiger partial charge is 0.407 e. The molecule has 0 atom stereocenters. The monoisotopic (exact) mass is 226 g/mol. The van der Waals surface area contributed by atoms with Gasteiger partial charge in [-0.05, 0) is 34.6 Å². The van der Waals surface area contributed by atoms with Crippen LogP contribution >= 0.6 is 0 Å². The van der Waals surface area contributed by atoms with Crippen molar-refractivity contribution < 1.29 is 9.53 Å². The number of rotatable bonds is 4. The maximum atomic E-state index is 11.4. The Hall–Kier alpha value is -1.21. The zero-order valence-corrected chi connectivity index (χ0v) is 10.8. The van der Waals surface area contributed by atoms with E-state index in [0.717, 1.165) is 0 Å². The minimum Gasteiger partial charge on any atom is -0.444 e. The van der Waals surface area contributed by atoms with Crippen molar-refractivity contribution >= 4 is 6.09 Å².